The third kappa shape index (κ3) is 3.23. The van der Waals surface area contributed by atoms with E-state index in [-0.39, 0.29) is 28.7 Å². The van der Waals surface area contributed by atoms with Crippen LogP contribution in [-0.2, 0) is 4.79 Å². The number of phenols is 1. The van der Waals surface area contributed by atoms with Crippen LogP contribution >= 0.6 is 11.6 Å². The monoisotopic (exact) mass is 323 g/mol. The highest BCUT2D eigenvalue weighted by molar-refractivity contribution is 6.32. The smallest absolute Gasteiger partial charge is 0.227 e. The minimum atomic E-state index is -0.789. The van der Waals surface area contributed by atoms with Crippen molar-refractivity contribution in [3.8, 4) is 11.5 Å². The first-order valence-corrected chi connectivity index (χ1v) is 6.77. The van der Waals surface area contributed by atoms with Crippen LogP contribution < -0.4 is 11.2 Å². The second kappa shape index (κ2) is 6.11. The van der Waals surface area contributed by atoms with E-state index in [9.17, 15) is 19.8 Å². The molecule has 1 heterocycles. The Morgan fingerprint density at radius 2 is 2.05 bits per heavy atom. The van der Waals surface area contributed by atoms with Gasteiger partial charge in [-0.05, 0) is 24.6 Å². The van der Waals surface area contributed by atoms with Crippen molar-refractivity contribution in [1.29, 1.82) is 0 Å². The number of hydrogen-bond acceptors (Lipinski definition) is 5. The molecule has 0 aliphatic carbocycles. The minimum Gasteiger partial charge on any atom is -0.506 e. The van der Waals surface area contributed by atoms with Crippen LogP contribution in [0.3, 0.4) is 0 Å². The molecule has 4 N–H and O–H groups in total. The minimum absolute atomic E-state index is 0.0643. The summed E-state index contributed by atoms with van der Waals surface area (Å²) >= 11 is 5.86. The van der Waals surface area contributed by atoms with Gasteiger partial charge in [0.2, 0.25) is 17.1 Å². The first-order chi connectivity index (χ1) is 10.3. The number of primary amides is 1. The molecule has 0 saturated carbocycles. The Balaban J connectivity index is 2.62. The molecule has 116 valence electrons. The fourth-order valence-corrected chi connectivity index (χ4v) is 2.35. The van der Waals surface area contributed by atoms with Gasteiger partial charge >= 0.3 is 0 Å². The maximum absolute atomic E-state index is 11.7. The van der Waals surface area contributed by atoms with Crippen molar-refractivity contribution in [1.82, 2.24) is 0 Å². The Morgan fingerprint density at radius 1 is 1.36 bits per heavy atom. The Labute approximate surface area is 130 Å². The third-order valence-corrected chi connectivity index (χ3v) is 3.47. The van der Waals surface area contributed by atoms with Gasteiger partial charge in [0.05, 0.1) is 10.9 Å². The summed E-state index contributed by atoms with van der Waals surface area (Å²) in [6.07, 6.45) is -0.193. The Hall–Kier alpha value is -2.47. The summed E-state index contributed by atoms with van der Waals surface area (Å²) in [5.41, 5.74) is 5.10. The number of nitrogens with two attached hydrogens (primary N) is 1. The van der Waals surface area contributed by atoms with Crippen molar-refractivity contribution >= 4 is 17.5 Å². The number of aryl methyl sites for hydroxylation is 1. The van der Waals surface area contributed by atoms with Crippen molar-refractivity contribution in [3.05, 3.63) is 56.6 Å². The molecule has 0 spiro atoms. The Morgan fingerprint density at radius 3 is 2.64 bits per heavy atom. The van der Waals surface area contributed by atoms with Crippen LogP contribution in [0.25, 0.3) is 0 Å². The average Bonchev–Trinajstić information content (AvgIpc) is 2.43. The highest BCUT2D eigenvalue weighted by Crippen LogP contribution is 2.35. The highest BCUT2D eigenvalue weighted by atomic mass is 35.5. The van der Waals surface area contributed by atoms with Gasteiger partial charge in [-0.25, -0.2) is 0 Å². The zero-order chi connectivity index (χ0) is 16.4. The zero-order valence-electron chi connectivity index (χ0n) is 11.7. The van der Waals surface area contributed by atoms with Crippen molar-refractivity contribution in [2.45, 2.75) is 19.3 Å². The van der Waals surface area contributed by atoms with Gasteiger partial charge in [-0.3, -0.25) is 9.59 Å². The van der Waals surface area contributed by atoms with Crippen LogP contribution in [-0.4, -0.2) is 16.1 Å². The average molecular weight is 324 g/mol. The van der Waals surface area contributed by atoms with E-state index < -0.39 is 23.0 Å². The summed E-state index contributed by atoms with van der Waals surface area (Å²) in [6, 6.07) is 5.42. The molecule has 2 aromatic rings. The van der Waals surface area contributed by atoms with Crippen LogP contribution in [0.4, 0.5) is 0 Å². The number of hydrogen-bond donors (Lipinski definition) is 3. The van der Waals surface area contributed by atoms with Crippen LogP contribution in [0.15, 0.2) is 33.5 Å². The summed E-state index contributed by atoms with van der Waals surface area (Å²) in [6.45, 7) is 1.55. The number of benzene rings is 1. The fourth-order valence-electron chi connectivity index (χ4n) is 2.16. The van der Waals surface area contributed by atoms with Gasteiger partial charge < -0.3 is 20.4 Å². The summed E-state index contributed by atoms with van der Waals surface area (Å²) in [4.78, 5) is 23.0. The quantitative estimate of drug-likeness (QED) is 0.796. The van der Waals surface area contributed by atoms with Gasteiger partial charge in [0.25, 0.3) is 0 Å². The van der Waals surface area contributed by atoms with Crippen molar-refractivity contribution < 1.29 is 19.4 Å². The Bertz CT molecular complexity index is 784. The molecule has 0 fully saturated rings. The number of rotatable bonds is 4. The number of carbonyl (C=O) groups is 1. The first-order valence-electron chi connectivity index (χ1n) is 6.40. The number of amides is 1. The van der Waals surface area contributed by atoms with Crippen LogP contribution in [0, 0.1) is 6.92 Å². The summed E-state index contributed by atoms with van der Waals surface area (Å²) in [7, 11) is 0. The van der Waals surface area contributed by atoms with E-state index in [2.05, 4.69) is 0 Å². The molecule has 0 unspecified atom stereocenters. The first kappa shape index (κ1) is 15.9. The maximum atomic E-state index is 11.7. The predicted octanol–water partition coefficient (Wildman–Crippen LogP) is 2.02. The molecule has 0 bridgehead atoms. The molecule has 0 saturated heterocycles. The van der Waals surface area contributed by atoms with Gasteiger partial charge in [0.15, 0.2) is 5.76 Å². The van der Waals surface area contributed by atoms with Crippen LogP contribution in [0.1, 0.15) is 29.4 Å². The normalized spacial score (nSPS) is 12.1. The molecular formula is C15H14ClNO5. The molecule has 1 atom stereocenters. The number of aromatic hydroxyl groups is 2. The van der Waals surface area contributed by atoms with Gasteiger partial charge in [0.1, 0.15) is 11.5 Å². The van der Waals surface area contributed by atoms with Crippen LogP contribution in [0.2, 0.25) is 5.02 Å². The molecule has 6 nitrogen and oxygen atoms in total. The molecule has 1 aromatic heterocycles. The lowest BCUT2D eigenvalue weighted by atomic mass is 9.92. The largest absolute Gasteiger partial charge is 0.506 e. The molecular weight excluding hydrogens is 310 g/mol. The summed E-state index contributed by atoms with van der Waals surface area (Å²) in [5, 5.41) is 19.5. The van der Waals surface area contributed by atoms with E-state index in [0.29, 0.717) is 5.56 Å². The van der Waals surface area contributed by atoms with E-state index in [1.807, 2.05) is 0 Å². The summed E-state index contributed by atoms with van der Waals surface area (Å²) in [5.74, 6) is -1.91. The van der Waals surface area contributed by atoms with Gasteiger partial charge in [-0.2, -0.15) is 0 Å². The van der Waals surface area contributed by atoms with E-state index in [4.69, 9.17) is 21.8 Å². The molecule has 0 radical (unpaired) electrons. The van der Waals surface area contributed by atoms with Gasteiger partial charge in [0, 0.05) is 12.5 Å². The van der Waals surface area contributed by atoms with E-state index in [1.54, 1.807) is 6.92 Å². The van der Waals surface area contributed by atoms with Gasteiger partial charge in [-0.1, -0.05) is 17.7 Å². The SMILES string of the molecule is Cc1cc(=O)c(O)c([C@@H](CC(N)=O)c2ccc(O)c(Cl)c2)o1. The number of phenolic OH excluding ortho intramolecular Hbond substituents is 1. The third-order valence-electron chi connectivity index (χ3n) is 3.17. The van der Waals surface area contributed by atoms with Crippen LogP contribution in [0.5, 0.6) is 11.5 Å². The topological polar surface area (TPSA) is 114 Å². The molecule has 2 rings (SSSR count). The molecule has 22 heavy (non-hydrogen) atoms. The van der Waals surface area contributed by atoms with E-state index in [0.717, 1.165) is 6.07 Å². The Kier molecular flexibility index (Phi) is 4.42. The van der Waals surface area contributed by atoms with Gasteiger partial charge in [-0.15, -0.1) is 0 Å². The number of carbonyl (C=O) groups excluding carboxylic acids is 1. The van der Waals surface area contributed by atoms with Crippen molar-refractivity contribution in [2.24, 2.45) is 5.73 Å². The zero-order valence-corrected chi connectivity index (χ0v) is 12.4. The lowest BCUT2D eigenvalue weighted by molar-refractivity contribution is -0.118. The predicted molar refractivity (Wildman–Crippen MR) is 80.2 cm³/mol. The standard InChI is InChI=1S/C15H14ClNO5/c1-7-4-12(19)14(21)15(22-7)9(6-13(17)20)8-2-3-11(18)10(16)5-8/h2-5,9,18,21H,6H2,1H3,(H2,17,20)/t9-/m0/s1. The second-order valence-electron chi connectivity index (χ2n) is 4.87. The molecule has 1 aromatic carbocycles. The molecule has 0 aliphatic heterocycles. The van der Waals surface area contributed by atoms with E-state index >= 15 is 0 Å². The lowest BCUT2D eigenvalue weighted by Gasteiger charge is -2.17. The van der Waals surface area contributed by atoms with E-state index in [1.165, 1.54) is 18.2 Å². The highest BCUT2D eigenvalue weighted by Gasteiger charge is 2.25. The van der Waals surface area contributed by atoms with Crippen molar-refractivity contribution in [2.75, 3.05) is 0 Å². The molecule has 7 heteroatoms. The summed E-state index contributed by atoms with van der Waals surface area (Å²) < 4.78 is 5.41. The second-order valence-corrected chi connectivity index (χ2v) is 5.28. The lowest BCUT2D eigenvalue weighted by Crippen LogP contribution is -2.17. The van der Waals surface area contributed by atoms with Crippen molar-refractivity contribution in [3.63, 3.8) is 0 Å². The fraction of sp³-hybridized carbons (Fsp3) is 0.200. The molecule has 1 amide bonds. The molecule has 0 aliphatic rings. The maximum Gasteiger partial charge on any atom is 0.227 e. The number of halogens is 1.